The fourth-order valence-electron chi connectivity index (χ4n) is 4.31. The first-order valence-electron chi connectivity index (χ1n) is 11.0. The van der Waals surface area contributed by atoms with Crippen LogP contribution in [0.4, 0.5) is 0 Å². The molecule has 172 valence electrons. The van der Waals surface area contributed by atoms with Crippen LogP contribution in [0.25, 0.3) is 11.0 Å². The van der Waals surface area contributed by atoms with Gasteiger partial charge in [-0.25, -0.2) is 4.79 Å². The molecule has 0 aliphatic rings. The van der Waals surface area contributed by atoms with Crippen LogP contribution in [0.2, 0.25) is 0 Å². The third-order valence-corrected chi connectivity index (χ3v) is 6.11. The van der Waals surface area contributed by atoms with Gasteiger partial charge in [-0.2, -0.15) is 0 Å². The second kappa shape index (κ2) is 10.6. The van der Waals surface area contributed by atoms with Gasteiger partial charge in [-0.15, -0.1) is 0 Å². The molecule has 32 heavy (non-hydrogen) atoms. The van der Waals surface area contributed by atoms with E-state index < -0.39 is 0 Å². The predicted molar refractivity (Wildman–Crippen MR) is 128 cm³/mol. The third-order valence-electron chi connectivity index (χ3n) is 6.11. The van der Waals surface area contributed by atoms with Gasteiger partial charge >= 0.3 is 5.63 Å². The largest absolute Gasteiger partial charge is 0.497 e. The monoisotopic (exact) mass is 439 g/mol. The molecule has 0 amide bonds. The van der Waals surface area contributed by atoms with Crippen LogP contribution < -0.4 is 19.8 Å². The van der Waals surface area contributed by atoms with E-state index in [9.17, 15) is 4.79 Å². The minimum absolute atomic E-state index is 0.0465. The maximum Gasteiger partial charge on any atom is 0.336 e. The van der Waals surface area contributed by atoms with E-state index >= 15 is 0 Å². The Labute approximate surface area is 189 Å². The number of rotatable bonds is 10. The molecule has 6 heteroatoms. The number of hydrogen-bond donors (Lipinski definition) is 0. The number of hydrogen-bond acceptors (Lipinski definition) is 6. The number of aryl methyl sites for hydroxylation is 1. The number of benzene rings is 2. The summed E-state index contributed by atoms with van der Waals surface area (Å²) in [4.78, 5) is 14.8. The van der Waals surface area contributed by atoms with Crippen LogP contribution in [0.3, 0.4) is 0 Å². The summed E-state index contributed by atoms with van der Waals surface area (Å²) in [7, 11) is 4.90. The summed E-state index contributed by atoms with van der Waals surface area (Å²) < 4.78 is 22.6. The molecular weight excluding hydrogens is 406 g/mol. The van der Waals surface area contributed by atoms with Gasteiger partial charge in [-0.3, -0.25) is 0 Å². The Morgan fingerprint density at radius 3 is 2.16 bits per heavy atom. The van der Waals surface area contributed by atoms with E-state index in [4.69, 9.17) is 18.6 Å². The molecule has 2 aromatic carbocycles. The van der Waals surface area contributed by atoms with Crippen molar-refractivity contribution in [2.75, 3.05) is 41.0 Å². The zero-order valence-corrected chi connectivity index (χ0v) is 19.9. The van der Waals surface area contributed by atoms with Gasteiger partial charge < -0.3 is 23.5 Å². The lowest BCUT2D eigenvalue weighted by Gasteiger charge is -2.26. The number of nitrogens with zero attached hydrogens (tertiary/aromatic N) is 1. The first-order valence-corrected chi connectivity index (χ1v) is 11.0. The first-order chi connectivity index (χ1) is 15.5. The Bertz CT molecular complexity index is 1100. The fraction of sp³-hybridized carbons (Fsp3) is 0.423. The average molecular weight is 440 g/mol. The molecule has 1 atom stereocenters. The van der Waals surface area contributed by atoms with Crippen LogP contribution in [0, 0.1) is 6.92 Å². The second-order valence-corrected chi connectivity index (χ2v) is 7.79. The van der Waals surface area contributed by atoms with E-state index in [1.807, 2.05) is 25.1 Å². The lowest BCUT2D eigenvalue weighted by atomic mass is 9.85. The van der Waals surface area contributed by atoms with E-state index in [-0.39, 0.29) is 11.5 Å². The molecule has 0 N–H and O–H groups in total. The highest BCUT2D eigenvalue weighted by atomic mass is 16.5. The van der Waals surface area contributed by atoms with E-state index in [2.05, 4.69) is 30.9 Å². The Morgan fingerprint density at radius 1 is 0.938 bits per heavy atom. The van der Waals surface area contributed by atoms with Crippen LogP contribution in [0.15, 0.2) is 45.6 Å². The average Bonchev–Trinajstić information content (AvgIpc) is 2.81. The Hall–Kier alpha value is -2.99. The van der Waals surface area contributed by atoms with Crippen molar-refractivity contribution in [2.24, 2.45) is 0 Å². The summed E-state index contributed by atoms with van der Waals surface area (Å²) in [6, 6.07) is 11.4. The summed E-state index contributed by atoms with van der Waals surface area (Å²) in [6.45, 7) is 9.07. The lowest BCUT2D eigenvalue weighted by Crippen LogP contribution is -2.25. The molecule has 1 heterocycles. The minimum atomic E-state index is -0.385. The van der Waals surface area contributed by atoms with Gasteiger partial charge in [-0.1, -0.05) is 26.0 Å². The van der Waals surface area contributed by atoms with Crippen LogP contribution in [0.1, 0.15) is 42.9 Å². The summed E-state index contributed by atoms with van der Waals surface area (Å²) in [6.07, 6.45) is 0.837. The van der Waals surface area contributed by atoms with Crippen LogP contribution in [-0.4, -0.2) is 45.9 Å². The van der Waals surface area contributed by atoms with Gasteiger partial charge in [-0.05, 0) is 56.2 Å². The van der Waals surface area contributed by atoms with E-state index in [0.717, 1.165) is 53.9 Å². The van der Waals surface area contributed by atoms with Crippen molar-refractivity contribution in [1.82, 2.24) is 4.90 Å². The lowest BCUT2D eigenvalue weighted by molar-refractivity contribution is 0.293. The van der Waals surface area contributed by atoms with Crippen molar-refractivity contribution >= 4 is 11.0 Å². The number of methoxy groups -OCH3 is 3. The molecule has 6 nitrogen and oxygen atoms in total. The maximum absolute atomic E-state index is 12.4. The number of fused-ring (bicyclic) bond motifs is 1. The van der Waals surface area contributed by atoms with Crippen LogP contribution in [0.5, 0.6) is 17.2 Å². The molecule has 0 bridgehead atoms. The Balaban J connectivity index is 2.28. The minimum Gasteiger partial charge on any atom is -0.497 e. The van der Waals surface area contributed by atoms with E-state index in [1.165, 1.54) is 6.07 Å². The molecule has 3 rings (SSSR count). The van der Waals surface area contributed by atoms with E-state index in [1.54, 1.807) is 21.3 Å². The predicted octanol–water partition coefficient (Wildman–Crippen LogP) is 4.99. The molecular formula is C26H33NO5. The summed E-state index contributed by atoms with van der Waals surface area (Å²) in [5.41, 5.74) is 2.91. The molecule has 0 aliphatic heterocycles. The van der Waals surface area contributed by atoms with Crippen LogP contribution in [-0.2, 0) is 0 Å². The molecule has 0 fully saturated rings. The highest BCUT2D eigenvalue weighted by Gasteiger charge is 2.26. The zero-order valence-electron chi connectivity index (χ0n) is 19.9. The van der Waals surface area contributed by atoms with Gasteiger partial charge in [0.15, 0.2) is 0 Å². The molecule has 1 aromatic heterocycles. The van der Waals surface area contributed by atoms with Gasteiger partial charge in [0.2, 0.25) is 0 Å². The molecule has 0 radical (unpaired) electrons. The van der Waals surface area contributed by atoms with Crippen molar-refractivity contribution in [3.8, 4) is 17.2 Å². The van der Waals surface area contributed by atoms with Gasteiger partial charge in [0.25, 0.3) is 0 Å². The van der Waals surface area contributed by atoms with Crippen molar-refractivity contribution in [3.05, 3.63) is 63.5 Å². The standard InChI is InChI=1S/C26H33NO5/c1-7-27(8-2)14-13-20(18-9-11-19(29-4)12-10-18)25-22(31-6)16-21(30-5)24-17(3)15-23(28)32-26(24)25/h9-12,15-16,20H,7-8,13-14H2,1-6H3. The molecule has 0 spiro atoms. The van der Waals surface area contributed by atoms with E-state index in [0.29, 0.717) is 17.1 Å². The van der Waals surface area contributed by atoms with Crippen LogP contribution >= 0.6 is 0 Å². The second-order valence-electron chi connectivity index (χ2n) is 7.79. The molecule has 0 saturated carbocycles. The zero-order chi connectivity index (χ0) is 23.3. The van der Waals surface area contributed by atoms with Crippen molar-refractivity contribution in [2.45, 2.75) is 33.1 Å². The van der Waals surface area contributed by atoms with Crippen molar-refractivity contribution < 1.29 is 18.6 Å². The number of ether oxygens (including phenoxy) is 3. The van der Waals surface area contributed by atoms with Crippen molar-refractivity contribution in [3.63, 3.8) is 0 Å². The third kappa shape index (κ3) is 4.75. The maximum atomic E-state index is 12.4. The highest BCUT2D eigenvalue weighted by Crippen LogP contribution is 2.44. The van der Waals surface area contributed by atoms with Gasteiger partial charge in [0.05, 0.1) is 26.7 Å². The van der Waals surface area contributed by atoms with Crippen molar-refractivity contribution in [1.29, 1.82) is 0 Å². The van der Waals surface area contributed by atoms with Gasteiger partial charge in [0, 0.05) is 23.6 Å². The highest BCUT2D eigenvalue weighted by molar-refractivity contribution is 5.92. The Kier molecular flexibility index (Phi) is 7.80. The summed E-state index contributed by atoms with van der Waals surface area (Å²) in [5, 5.41) is 0.796. The fourth-order valence-corrected chi connectivity index (χ4v) is 4.31. The molecule has 3 aromatic rings. The normalized spacial score (nSPS) is 12.2. The molecule has 0 aliphatic carbocycles. The topological polar surface area (TPSA) is 61.1 Å². The SMILES string of the molecule is CCN(CC)CCC(c1ccc(OC)cc1)c1c(OC)cc(OC)c2c(C)cc(=O)oc12. The Morgan fingerprint density at radius 2 is 1.59 bits per heavy atom. The summed E-state index contributed by atoms with van der Waals surface area (Å²) in [5.74, 6) is 2.02. The smallest absolute Gasteiger partial charge is 0.336 e. The molecule has 1 unspecified atom stereocenters. The molecule has 0 saturated heterocycles. The van der Waals surface area contributed by atoms with Gasteiger partial charge in [0.1, 0.15) is 22.8 Å². The summed E-state index contributed by atoms with van der Waals surface area (Å²) >= 11 is 0. The first kappa shape index (κ1) is 23.7. The quantitative estimate of drug-likeness (QED) is 0.415.